The third kappa shape index (κ3) is 1.04. The van der Waals surface area contributed by atoms with Crippen molar-refractivity contribution < 1.29 is 25.6 Å². The van der Waals surface area contributed by atoms with Gasteiger partial charge in [-0.1, -0.05) is 0 Å². The first-order valence-corrected chi connectivity index (χ1v) is 5.79. The zero-order valence-electron chi connectivity index (χ0n) is 5.78. The molecule has 1 saturated heterocycles. The number of halogens is 2. The Morgan fingerprint density at radius 3 is 1.75 bits per heavy atom. The molecule has 1 aliphatic heterocycles. The van der Waals surface area contributed by atoms with Gasteiger partial charge in [0.2, 0.25) is 10.0 Å². The van der Waals surface area contributed by atoms with E-state index in [4.69, 9.17) is 0 Å². The highest BCUT2D eigenvalue weighted by Crippen LogP contribution is 2.35. The van der Waals surface area contributed by atoms with E-state index in [2.05, 4.69) is 0 Å². The number of hydrogen-bond donors (Lipinski definition) is 1. The van der Waals surface area contributed by atoms with E-state index in [-0.39, 0.29) is 0 Å². The molecule has 12 heavy (non-hydrogen) atoms. The lowest BCUT2D eigenvalue weighted by Crippen LogP contribution is -2.34. The van der Waals surface area contributed by atoms with Crippen LogP contribution in [0.4, 0.5) is 8.78 Å². The molecular weight excluding hydrogens is 216 g/mol. The fourth-order valence-corrected chi connectivity index (χ4v) is 4.48. The highest BCUT2D eigenvalue weighted by molar-refractivity contribution is 8.09. The SMILES string of the molecule is CC1C(F)(F)S(=O)(=O)NS1(=O)=O. The van der Waals surface area contributed by atoms with Crippen molar-refractivity contribution in [3.8, 4) is 0 Å². The Morgan fingerprint density at radius 1 is 1.25 bits per heavy atom. The van der Waals surface area contributed by atoms with E-state index in [0.717, 1.165) is 4.13 Å². The summed E-state index contributed by atoms with van der Waals surface area (Å²) in [6.07, 6.45) is 0. The number of hydrogen-bond acceptors (Lipinski definition) is 4. The van der Waals surface area contributed by atoms with Crippen LogP contribution < -0.4 is 4.13 Å². The molecule has 1 unspecified atom stereocenters. The molecule has 9 heteroatoms. The second-order valence-corrected chi connectivity index (χ2v) is 6.35. The van der Waals surface area contributed by atoms with Crippen molar-refractivity contribution in [1.82, 2.24) is 4.13 Å². The van der Waals surface area contributed by atoms with Gasteiger partial charge < -0.3 is 0 Å². The van der Waals surface area contributed by atoms with Gasteiger partial charge >= 0.3 is 5.25 Å². The average Bonchev–Trinajstić information content (AvgIpc) is 1.90. The fourth-order valence-electron chi connectivity index (χ4n) is 0.680. The van der Waals surface area contributed by atoms with Crippen LogP contribution in [-0.2, 0) is 20.0 Å². The van der Waals surface area contributed by atoms with Crippen molar-refractivity contribution in [3.05, 3.63) is 0 Å². The normalized spacial score (nSPS) is 36.4. The Bertz CT molecular complexity index is 396. The summed E-state index contributed by atoms with van der Waals surface area (Å²) in [5, 5.41) is -6.48. The molecule has 1 heterocycles. The lowest BCUT2D eigenvalue weighted by Gasteiger charge is -2.08. The summed E-state index contributed by atoms with van der Waals surface area (Å²) in [5.41, 5.74) is 0. The van der Waals surface area contributed by atoms with Crippen molar-refractivity contribution in [2.75, 3.05) is 0 Å². The molecule has 1 atom stereocenters. The molecule has 1 fully saturated rings. The van der Waals surface area contributed by atoms with Crippen molar-refractivity contribution in [2.24, 2.45) is 0 Å². The first-order valence-electron chi connectivity index (χ1n) is 2.76. The van der Waals surface area contributed by atoms with Crippen LogP contribution in [0.2, 0.25) is 0 Å². The quantitative estimate of drug-likeness (QED) is 0.582. The van der Waals surface area contributed by atoms with Crippen molar-refractivity contribution >= 4 is 20.0 Å². The summed E-state index contributed by atoms with van der Waals surface area (Å²) in [6, 6.07) is 0. The largest absolute Gasteiger partial charge is 0.377 e. The summed E-state index contributed by atoms with van der Waals surface area (Å²) < 4.78 is 68.3. The molecule has 1 rings (SSSR count). The van der Waals surface area contributed by atoms with Crippen LogP contribution in [0.25, 0.3) is 0 Å². The van der Waals surface area contributed by atoms with Crippen LogP contribution in [0, 0.1) is 0 Å². The number of nitrogens with one attached hydrogen (secondary N) is 1. The molecule has 0 aliphatic carbocycles. The van der Waals surface area contributed by atoms with Crippen LogP contribution in [0.15, 0.2) is 0 Å². The smallest absolute Gasteiger partial charge is 0.211 e. The van der Waals surface area contributed by atoms with Crippen molar-refractivity contribution in [3.63, 3.8) is 0 Å². The maximum atomic E-state index is 12.6. The van der Waals surface area contributed by atoms with Crippen LogP contribution in [0.5, 0.6) is 0 Å². The maximum absolute atomic E-state index is 12.6. The molecule has 0 aromatic carbocycles. The molecule has 0 aromatic heterocycles. The minimum Gasteiger partial charge on any atom is -0.211 e. The molecular formula is C3H5F2NO4S2. The first-order chi connectivity index (χ1) is 5.11. The van der Waals surface area contributed by atoms with Crippen LogP contribution in [-0.4, -0.2) is 27.3 Å². The van der Waals surface area contributed by atoms with Crippen LogP contribution in [0.3, 0.4) is 0 Å². The van der Waals surface area contributed by atoms with Gasteiger partial charge in [-0.25, -0.2) is 16.8 Å². The minimum absolute atomic E-state index is 0.632. The first kappa shape index (κ1) is 9.81. The maximum Gasteiger partial charge on any atom is 0.377 e. The Balaban J connectivity index is 3.44. The van der Waals surface area contributed by atoms with E-state index >= 15 is 0 Å². The molecule has 0 amide bonds. The van der Waals surface area contributed by atoms with Crippen molar-refractivity contribution in [1.29, 1.82) is 0 Å². The number of alkyl halides is 2. The molecule has 0 saturated carbocycles. The third-order valence-electron chi connectivity index (χ3n) is 1.52. The zero-order chi connectivity index (χ0) is 9.78. The summed E-state index contributed by atoms with van der Waals surface area (Å²) in [7, 11) is -9.48. The highest BCUT2D eigenvalue weighted by Gasteiger charge is 2.63. The average molecular weight is 221 g/mol. The summed E-state index contributed by atoms with van der Waals surface area (Å²) in [4.78, 5) is 0. The van der Waals surface area contributed by atoms with Crippen LogP contribution >= 0.6 is 0 Å². The third-order valence-corrected chi connectivity index (χ3v) is 5.78. The standard InChI is InChI=1S/C3H5F2NO4S2/c1-2-3(4,5)12(9,10)6-11(2,7)8/h2,6H,1H3. The molecule has 0 aromatic rings. The van der Waals surface area contributed by atoms with Gasteiger partial charge in [-0.2, -0.15) is 8.78 Å². The van der Waals surface area contributed by atoms with Gasteiger partial charge in [-0.3, -0.25) is 0 Å². The summed E-state index contributed by atoms with van der Waals surface area (Å²) in [5.74, 6) is 0. The Morgan fingerprint density at radius 2 is 1.67 bits per heavy atom. The highest BCUT2D eigenvalue weighted by atomic mass is 32.3. The fraction of sp³-hybridized carbons (Fsp3) is 1.00. The summed E-state index contributed by atoms with van der Waals surface area (Å²) >= 11 is 0. The lowest BCUT2D eigenvalue weighted by atomic mass is 10.5. The number of rotatable bonds is 0. The van der Waals surface area contributed by atoms with E-state index in [1.165, 1.54) is 0 Å². The second-order valence-electron chi connectivity index (χ2n) is 2.34. The van der Waals surface area contributed by atoms with Crippen molar-refractivity contribution in [2.45, 2.75) is 17.4 Å². The van der Waals surface area contributed by atoms with Gasteiger partial charge in [0.15, 0.2) is 5.25 Å². The molecule has 0 spiro atoms. The minimum atomic E-state index is -5.05. The van der Waals surface area contributed by atoms with Gasteiger partial charge in [0.25, 0.3) is 10.0 Å². The molecule has 1 N–H and O–H groups in total. The van der Waals surface area contributed by atoms with Gasteiger partial charge in [-0.15, -0.1) is 4.13 Å². The van der Waals surface area contributed by atoms with Gasteiger partial charge in [-0.05, 0) is 6.92 Å². The Labute approximate surface area is 67.9 Å². The molecule has 1 aliphatic rings. The predicted octanol–water partition coefficient (Wildman–Crippen LogP) is -0.769. The van der Waals surface area contributed by atoms with E-state index in [1.54, 1.807) is 0 Å². The van der Waals surface area contributed by atoms with Crippen LogP contribution in [0.1, 0.15) is 6.92 Å². The van der Waals surface area contributed by atoms with E-state index in [0.29, 0.717) is 6.92 Å². The molecule has 0 radical (unpaired) electrons. The second kappa shape index (κ2) is 2.15. The summed E-state index contributed by atoms with van der Waals surface area (Å²) in [6.45, 7) is 0.632. The Hall–Kier alpha value is -0.280. The molecule has 5 nitrogen and oxygen atoms in total. The van der Waals surface area contributed by atoms with E-state index in [1.807, 2.05) is 0 Å². The topological polar surface area (TPSA) is 80.3 Å². The zero-order valence-corrected chi connectivity index (χ0v) is 7.42. The molecule has 0 bridgehead atoms. The Kier molecular flexibility index (Phi) is 1.75. The van der Waals surface area contributed by atoms with Gasteiger partial charge in [0.05, 0.1) is 0 Å². The number of sulfonamides is 2. The lowest BCUT2D eigenvalue weighted by molar-refractivity contribution is 0.0951. The van der Waals surface area contributed by atoms with E-state index < -0.39 is 30.6 Å². The van der Waals surface area contributed by atoms with Gasteiger partial charge in [0.1, 0.15) is 0 Å². The monoisotopic (exact) mass is 221 g/mol. The molecule has 72 valence electrons. The van der Waals surface area contributed by atoms with E-state index in [9.17, 15) is 25.6 Å². The van der Waals surface area contributed by atoms with Gasteiger partial charge in [0, 0.05) is 0 Å². The predicted molar refractivity (Wildman–Crippen MR) is 35.4 cm³/mol.